The molecule has 0 aromatic carbocycles. The number of rotatable bonds is 2. The van der Waals surface area contributed by atoms with E-state index < -0.39 is 10.9 Å². The molecule has 1 aromatic rings. The second kappa shape index (κ2) is 4.55. The molecule has 17 heavy (non-hydrogen) atoms. The van der Waals surface area contributed by atoms with Gasteiger partial charge in [-0.15, -0.1) is 11.3 Å². The largest absolute Gasteiger partial charge is 0.465 e. The van der Waals surface area contributed by atoms with E-state index in [1.54, 1.807) is 0 Å². The third kappa shape index (κ3) is 2.63. The lowest BCUT2D eigenvalue weighted by Crippen LogP contribution is -2.01. The molecule has 5 nitrogen and oxygen atoms in total. The number of esters is 1. The average molecular weight is 251 g/mol. The highest BCUT2D eigenvalue weighted by molar-refractivity contribution is 7.15. The van der Waals surface area contributed by atoms with Gasteiger partial charge >= 0.3 is 5.97 Å². The molecule has 0 saturated heterocycles. The van der Waals surface area contributed by atoms with Gasteiger partial charge in [0.15, 0.2) is 4.88 Å². The molecular weight excluding hydrogens is 242 g/mol. The summed E-state index contributed by atoms with van der Waals surface area (Å²) in [5.41, 5.74) is -0.234. The van der Waals surface area contributed by atoms with Crippen molar-refractivity contribution < 1.29 is 14.5 Å². The summed E-state index contributed by atoms with van der Waals surface area (Å²) in [5, 5.41) is 10.8. The van der Waals surface area contributed by atoms with Crippen LogP contribution in [0.25, 0.3) is 0 Å². The van der Waals surface area contributed by atoms with Crippen LogP contribution in [0.15, 0.2) is 6.07 Å². The molecule has 88 valence electrons. The van der Waals surface area contributed by atoms with E-state index in [0.29, 0.717) is 10.8 Å². The number of ether oxygens (including phenoxy) is 1. The first kappa shape index (κ1) is 11.6. The highest BCUT2D eigenvalue weighted by Gasteiger charge is 2.25. The van der Waals surface area contributed by atoms with Crippen molar-refractivity contribution in [1.29, 1.82) is 0 Å². The normalized spacial score (nSPS) is 13.7. The minimum atomic E-state index is -0.693. The molecule has 1 fully saturated rings. The molecule has 2 rings (SSSR count). The molecule has 0 atom stereocenters. The first-order valence-electron chi connectivity index (χ1n) is 5.00. The number of hydrogen-bond acceptors (Lipinski definition) is 5. The van der Waals surface area contributed by atoms with Gasteiger partial charge < -0.3 is 4.74 Å². The summed E-state index contributed by atoms with van der Waals surface area (Å²) in [6.45, 7) is 0. The van der Waals surface area contributed by atoms with Crippen molar-refractivity contribution in [3.63, 3.8) is 0 Å². The summed E-state index contributed by atoms with van der Waals surface area (Å²) in [5.74, 6) is 5.57. The van der Waals surface area contributed by atoms with Crippen LogP contribution in [-0.4, -0.2) is 18.0 Å². The predicted octanol–water partition coefficient (Wildman–Crippen LogP) is 2.20. The van der Waals surface area contributed by atoms with Crippen molar-refractivity contribution in [2.45, 2.75) is 12.8 Å². The molecule has 1 heterocycles. The smallest absolute Gasteiger partial charge is 0.355 e. The lowest BCUT2D eigenvalue weighted by Gasteiger charge is -1.93. The van der Waals surface area contributed by atoms with Crippen LogP contribution in [0, 0.1) is 27.9 Å². The first-order chi connectivity index (χ1) is 8.11. The van der Waals surface area contributed by atoms with Gasteiger partial charge in [0.1, 0.15) is 0 Å². The van der Waals surface area contributed by atoms with Crippen LogP contribution in [0.4, 0.5) is 5.69 Å². The zero-order chi connectivity index (χ0) is 12.4. The Balaban J connectivity index is 2.33. The summed E-state index contributed by atoms with van der Waals surface area (Å²) in [6, 6.07) is 1.33. The van der Waals surface area contributed by atoms with E-state index in [4.69, 9.17) is 0 Å². The SMILES string of the molecule is COC(=O)c1sc(C#CC2CC2)cc1[N+](=O)[O-]. The van der Waals surface area contributed by atoms with E-state index in [1.807, 2.05) is 0 Å². The fraction of sp³-hybridized carbons (Fsp3) is 0.364. The maximum Gasteiger partial charge on any atom is 0.355 e. The molecule has 0 N–H and O–H groups in total. The Hall–Kier alpha value is -1.87. The van der Waals surface area contributed by atoms with Gasteiger partial charge in [-0.2, -0.15) is 0 Å². The quantitative estimate of drug-likeness (QED) is 0.349. The summed E-state index contributed by atoms with van der Waals surface area (Å²) in [7, 11) is 1.20. The molecule has 1 aromatic heterocycles. The van der Waals surface area contributed by atoms with Gasteiger partial charge in [-0.05, 0) is 12.8 Å². The van der Waals surface area contributed by atoms with E-state index in [1.165, 1.54) is 13.2 Å². The molecule has 0 amide bonds. The Bertz CT molecular complexity index is 533. The molecule has 1 aliphatic carbocycles. The summed E-state index contributed by atoms with van der Waals surface area (Å²) in [6.07, 6.45) is 2.18. The maximum atomic E-state index is 11.3. The van der Waals surface area contributed by atoms with Gasteiger partial charge in [0.05, 0.1) is 16.9 Å². The second-order valence-electron chi connectivity index (χ2n) is 3.62. The Morgan fingerprint density at radius 1 is 1.65 bits per heavy atom. The van der Waals surface area contributed by atoms with Gasteiger partial charge in [0, 0.05) is 12.0 Å². The van der Waals surface area contributed by atoms with E-state index in [0.717, 1.165) is 24.2 Å². The average Bonchev–Trinajstić information content (AvgIpc) is 3.03. The number of nitro groups is 1. The van der Waals surface area contributed by atoms with E-state index in [9.17, 15) is 14.9 Å². The molecule has 1 aliphatic rings. The Morgan fingerprint density at radius 2 is 2.35 bits per heavy atom. The third-order valence-corrected chi connectivity index (χ3v) is 3.28. The minimum Gasteiger partial charge on any atom is -0.465 e. The second-order valence-corrected chi connectivity index (χ2v) is 4.67. The summed E-state index contributed by atoms with van der Waals surface area (Å²) < 4.78 is 4.50. The number of carbonyl (C=O) groups excluding carboxylic acids is 1. The standard InChI is InChI=1S/C11H9NO4S/c1-16-11(13)10-9(12(14)15)6-8(17-10)5-4-7-2-3-7/h6-7H,2-3H2,1H3. The number of carbonyl (C=O) groups is 1. The topological polar surface area (TPSA) is 69.4 Å². The molecule has 1 saturated carbocycles. The highest BCUT2D eigenvalue weighted by Crippen LogP contribution is 2.31. The van der Waals surface area contributed by atoms with E-state index in [2.05, 4.69) is 16.6 Å². The number of nitrogens with zero attached hydrogens (tertiary/aromatic N) is 1. The van der Waals surface area contributed by atoms with E-state index >= 15 is 0 Å². The van der Waals surface area contributed by atoms with Crippen molar-refractivity contribution in [3.8, 4) is 11.8 Å². The first-order valence-corrected chi connectivity index (χ1v) is 5.81. The lowest BCUT2D eigenvalue weighted by atomic mass is 10.3. The molecule has 0 unspecified atom stereocenters. The van der Waals surface area contributed by atoms with Gasteiger partial charge in [-0.25, -0.2) is 4.79 Å². The Morgan fingerprint density at radius 3 is 2.88 bits per heavy atom. The van der Waals surface area contributed by atoms with E-state index in [-0.39, 0.29) is 10.6 Å². The molecule has 0 radical (unpaired) electrons. The summed E-state index contributed by atoms with van der Waals surface area (Å²) >= 11 is 1.00. The van der Waals surface area contributed by atoms with Gasteiger partial charge in [0.2, 0.25) is 0 Å². The fourth-order valence-electron chi connectivity index (χ4n) is 1.22. The van der Waals surface area contributed by atoms with Crippen molar-refractivity contribution in [1.82, 2.24) is 0 Å². The molecular formula is C11H9NO4S. The van der Waals surface area contributed by atoms with Crippen LogP contribution in [0.3, 0.4) is 0 Å². The highest BCUT2D eigenvalue weighted by atomic mass is 32.1. The number of hydrogen-bond donors (Lipinski definition) is 0. The molecule has 0 aliphatic heterocycles. The summed E-state index contributed by atoms with van der Waals surface area (Å²) in [4.78, 5) is 22.0. The molecule has 6 heteroatoms. The Labute approximate surface area is 102 Å². The van der Waals surface area contributed by atoms with Crippen LogP contribution in [0.5, 0.6) is 0 Å². The van der Waals surface area contributed by atoms with Crippen molar-refractivity contribution in [2.24, 2.45) is 5.92 Å². The predicted molar refractivity (Wildman–Crippen MR) is 61.9 cm³/mol. The van der Waals surface area contributed by atoms with Crippen LogP contribution in [0.2, 0.25) is 0 Å². The van der Waals surface area contributed by atoms with Crippen LogP contribution < -0.4 is 0 Å². The monoisotopic (exact) mass is 251 g/mol. The molecule has 0 bridgehead atoms. The van der Waals surface area contributed by atoms with Crippen LogP contribution in [0.1, 0.15) is 27.4 Å². The number of thiophene rings is 1. The van der Waals surface area contributed by atoms with Crippen LogP contribution in [-0.2, 0) is 4.74 Å². The number of methoxy groups -OCH3 is 1. The van der Waals surface area contributed by atoms with Gasteiger partial charge in [-0.3, -0.25) is 10.1 Å². The molecule has 0 spiro atoms. The fourth-order valence-corrected chi connectivity index (χ4v) is 2.12. The zero-order valence-electron chi connectivity index (χ0n) is 9.06. The minimum absolute atomic E-state index is 0.00223. The van der Waals surface area contributed by atoms with Crippen LogP contribution >= 0.6 is 11.3 Å². The van der Waals surface area contributed by atoms with Crippen molar-refractivity contribution >= 4 is 23.0 Å². The van der Waals surface area contributed by atoms with Gasteiger partial charge in [-0.1, -0.05) is 11.8 Å². The zero-order valence-corrected chi connectivity index (χ0v) is 9.87. The lowest BCUT2D eigenvalue weighted by molar-refractivity contribution is -0.384. The van der Waals surface area contributed by atoms with Crippen molar-refractivity contribution in [2.75, 3.05) is 7.11 Å². The van der Waals surface area contributed by atoms with Crippen molar-refractivity contribution in [3.05, 3.63) is 25.9 Å². The third-order valence-electron chi connectivity index (χ3n) is 2.26. The maximum absolute atomic E-state index is 11.3. The Kier molecular flexibility index (Phi) is 3.11. The van der Waals surface area contributed by atoms with Gasteiger partial charge in [0.25, 0.3) is 5.69 Å².